The molecule has 0 fully saturated rings. The molecular formula is C23H16ClFN2O2. The van der Waals surface area contributed by atoms with Gasteiger partial charge in [0.1, 0.15) is 11.5 Å². The fourth-order valence-electron chi connectivity index (χ4n) is 3.25. The molecular weight excluding hydrogens is 391 g/mol. The molecule has 3 aromatic carbocycles. The summed E-state index contributed by atoms with van der Waals surface area (Å²) in [6, 6.07) is 19.6. The monoisotopic (exact) mass is 406 g/mol. The highest BCUT2D eigenvalue weighted by atomic mass is 35.5. The molecule has 3 aromatic rings. The number of nitrogens with one attached hydrogen (secondary N) is 1. The van der Waals surface area contributed by atoms with Crippen molar-refractivity contribution in [1.82, 2.24) is 0 Å². The zero-order valence-corrected chi connectivity index (χ0v) is 16.2. The molecule has 144 valence electrons. The van der Waals surface area contributed by atoms with Crippen molar-refractivity contribution >= 4 is 40.4 Å². The lowest BCUT2D eigenvalue weighted by atomic mass is 10.0. The first-order valence-electron chi connectivity index (χ1n) is 8.93. The van der Waals surface area contributed by atoms with E-state index in [9.17, 15) is 14.0 Å². The van der Waals surface area contributed by atoms with Crippen LogP contribution in [0.2, 0.25) is 5.02 Å². The third-order valence-electron chi connectivity index (χ3n) is 4.74. The van der Waals surface area contributed by atoms with E-state index in [1.54, 1.807) is 42.5 Å². The smallest absolute Gasteiger partial charge is 0.282 e. The Kier molecular flexibility index (Phi) is 4.91. The van der Waals surface area contributed by atoms with Gasteiger partial charge >= 0.3 is 0 Å². The molecule has 0 radical (unpaired) electrons. The lowest BCUT2D eigenvalue weighted by Crippen LogP contribution is -2.32. The molecule has 0 aromatic heterocycles. The van der Waals surface area contributed by atoms with E-state index in [2.05, 4.69) is 5.32 Å². The van der Waals surface area contributed by atoms with Gasteiger partial charge in [0.05, 0.1) is 11.3 Å². The average Bonchev–Trinajstić information content (AvgIpc) is 2.96. The van der Waals surface area contributed by atoms with Crippen LogP contribution >= 0.6 is 11.6 Å². The molecule has 1 aliphatic rings. The van der Waals surface area contributed by atoms with Crippen molar-refractivity contribution in [3.05, 3.63) is 100 Å². The number of hydrogen-bond donors (Lipinski definition) is 1. The van der Waals surface area contributed by atoms with Gasteiger partial charge in [0.15, 0.2) is 0 Å². The molecule has 0 bridgehead atoms. The first-order valence-corrected chi connectivity index (χ1v) is 9.31. The van der Waals surface area contributed by atoms with Crippen LogP contribution in [0, 0.1) is 12.7 Å². The van der Waals surface area contributed by atoms with E-state index in [1.165, 1.54) is 18.2 Å². The minimum atomic E-state index is -0.557. The molecule has 29 heavy (non-hydrogen) atoms. The quantitative estimate of drug-likeness (QED) is 0.607. The molecule has 1 aliphatic heterocycles. The van der Waals surface area contributed by atoms with Crippen LogP contribution in [0.5, 0.6) is 0 Å². The Balaban J connectivity index is 1.85. The van der Waals surface area contributed by atoms with Gasteiger partial charge in [-0.3, -0.25) is 9.59 Å². The zero-order chi connectivity index (χ0) is 20.5. The predicted octanol–water partition coefficient (Wildman–Crippen LogP) is 5.18. The van der Waals surface area contributed by atoms with Crippen molar-refractivity contribution in [2.45, 2.75) is 6.92 Å². The van der Waals surface area contributed by atoms with Gasteiger partial charge in [0.2, 0.25) is 0 Å². The van der Waals surface area contributed by atoms with E-state index >= 15 is 0 Å². The topological polar surface area (TPSA) is 49.4 Å². The molecule has 4 rings (SSSR count). The van der Waals surface area contributed by atoms with Crippen LogP contribution in [0.25, 0.3) is 5.57 Å². The van der Waals surface area contributed by atoms with Crippen LogP contribution in [-0.4, -0.2) is 11.8 Å². The number of benzene rings is 3. The summed E-state index contributed by atoms with van der Waals surface area (Å²) in [5, 5.41) is 3.62. The van der Waals surface area contributed by atoms with Gasteiger partial charge in [-0.05, 0) is 48.4 Å². The summed E-state index contributed by atoms with van der Waals surface area (Å²) in [4.78, 5) is 27.5. The van der Waals surface area contributed by atoms with E-state index in [4.69, 9.17) is 11.6 Å². The minimum Gasteiger partial charge on any atom is -0.350 e. The Morgan fingerprint density at radius 3 is 2.34 bits per heavy atom. The standard InChI is InChI=1S/C23H16ClFN2O2/c1-14-18(24)11-6-12-19(14)26-21-20(15-7-3-2-4-8-15)22(28)27(23(21)29)17-10-5-9-16(25)13-17/h2-13,26H,1H3. The second-order valence-corrected chi connectivity index (χ2v) is 6.99. The third-order valence-corrected chi connectivity index (χ3v) is 5.15. The second-order valence-electron chi connectivity index (χ2n) is 6.58. The first kappa shape index (κ1) is 18.9. The van der Waals surface area contributed by atoms with Gasteiger partial charge in [-0.2, -0.15) is 0 Å². The van der Waals surface area contributed by atoms with E-state index in [-0.39, 0.29) is 17.0 Å². The molecule has 0 aliphatic carbocycles. The van der Waals surface area contributed by atoms with Gasteiger partial charge in [-0.1, -0.05) is 54.1 Å². The van der Waals surface area contributed by atoms with Crippen LogP contribution in [0.15, 0.2) is 78.5 Å². The fourth-order valence-corrected chi connectivity index (χ4v) is 3.42. The molecule has 0 spiro atoms. The molecule has 4 nitrogen and oxygen atoms in total. The minimum absolute atomic E-state index is 0.121. The summed E-state index contributed by atoms with van der Waals surface area (Å²) in [6.07, 6.45) is 0. The predicted molar refractivity (Wildman–Crippen MR) is 112 cm³/mol. The Morgan fingerprint density at radius 1 is 0.897 bits per heavy atom. The van der Waals surface area contributed by atoms with Crippen molar-refractivity contribution < 1.29 is 14.0 Å². The summed E-state index contributed by atoms with van der Waals surface area (Å²) >= 11 is 6.20. The van der Waals surface area contributed by atoms with Crippen LogP contribution in [0.3, 0.4) is 0 Å². The molecule has 1 N–H and O–H groups in total. The van der Waals surface area contributed by atoms with E-state index in [0.29, 0.717) is 16.3 Å². The van der Waals surface area contributed by atoms with Crippen molar-refractivity contribution in [2.24, 2.45) is 0 Å². The van der Waals surface area contributed by atoms with Crippen molar-refractivity contribution in [2.75, 3.05) is 10.2 Å². The Bertz CT molecular complexity index is 1160. The van der Waals surface area contributed by atoms with Crippen molar-refractivity contribution in [3.63, 3.8) is 0 Å². The Hall–Kier alpha value is -3.44. The number of imide groups is 1. The number of hydrogen-bond acceptors (Lipinski definition) is 3. The van der Waals surface area contributed by atoms with Crippen molar-refractivity contribution in [3.8, 4) is 0 Å². The summed E-state index contributed by atoms with van der Waals surface area (Å²) < 4.78 is 13.7. The maximum atomic E-state index is 13.7. The van der Waals surface area contributed by atoms with Crippen LogP contribution < -0.4 is 10.2 Å². The van der Waals surface area contributed by atoms with Crippen molar-refractivity contribution in [1.29, 1.82) is 0 Å². The van der Waals surface area contributed by atoms with E-state index < -0.39 is 17.6 Å². The summed E-state index contributed by atoms with van der Waals surface area (Å²) in [6.45, 7) is 1.82. The van der Waals surface area contributed by atoms with Gasteiger partial charge in [-0.25, -0.2) is 9.29 Å². The average molecular weight is 407 g/mol. The number of carbonyl (C=O) groups excluding carboxylic acids is 2. The second kappa shape index (κ2) is 7.53. The van der Waals surface area contributed by atoms with Gasteiger partial charge in [0.25, 0.3) is 11.8 Å². The molecule has 0 saturated heterocycles. The number of amides is 2. The number of rotatable bonds is 4. The highest BCUT2D eigenvalue weighted by molar-refractivity contribution is 6.46. The van der Waals surface area contributed by atoms with E-state index in [1.807, 2.05) is 13.0 Å². The number of anilines is 2. The molecule has 0 atom stereocenters. The molecule has 2 amide bonds. The fraction of sp³-hybridized carbons (Fsp3) is 0.0435. The largest absolute Gasteiger partial charge is 0.350 e. The highest BCUT2D eigenvalue weighted by Gasteiger charge is 2.40. The molecule has 0 saturated carbocycles. The summed E-state index contributed by atoms with van der Waals surface area (Å²) in [5.74, 6) is -1.61. The SMILES string of the molecule is Cc1c(Cl)cccc1NC1=C(c2ccccc2)C(=O)N(c2cccc(F)c2)C1=O. The number of nitrogens with zero attached hydrogens (tertiary/aromatic N) is 1. The summed E-state index contributed by atoms with van der Waals surface area (Å²) in [7, 11) is 0. The van der Waals surface area contributed by atoms with Gasteiger partial charge in [-0.15, -0.1) is 0 Å². The molecule has 6 heteroatoms. The summed E-state index contributed by atoms with van der Waals surface area (Å²) in [5.41, 5.74) is 2.47. The lowest BCUT2D eigenvalue weighted by molar-refractivity contribution is -0.120. The lowest BCUT2D eigenvalue weighted by Gasteiger charge is -2.16. The molecule has 0 unspecified atom stereocenters. The van der Waals surface area contributed by atoms with E-state index in [0.717, 1.165) is 16.5 Å². The van der Waals surface area contributed by atoms with Crippen LogP contribution in [0.1, 0.15) is 11.1 Å². The Morgan fingerprint density at radius 2 is 1.62 bits per heavy atom. The van der Waals surface area contributed by atoms with Crippen LogP contribution in [-0.2, 0) is 9.59 Å². The molecule has 1 heterocycles. The maximum Gasteiger partial charge on any atom is 0.282 e. The number of halogens is 2. The van der Waals surface area contributed by atoms with Crippen LogP contribution in [0.4, 0.5) is 15.8 Å². The highest BCUT2D eigenvalue weighted by Crippen LogP contribution is 2.35. The zero-order valence-electron chi connectivity index (χ0n) is 15.4. The Labute approximate surface area is 172 Å². The normalized spacial score (nSPS) is 14.0. The maximum absolute atomic E-state index is 13.7. The van der Waals surface area contributed by atoms with Gasteiger partial charge in [0, 0.05) is 10.7 Å². The van der Waals surface area contributed by atoms with Gasteiger partial charge < -0.3 is 5.32 Å². The number of carbonyl (C=O) groups is 2. The first-order chi connectivity index (χ1) is 14.0. The third kappa shape index (κ3) is 3.41.